The van der Waals surface area contributed by atoms with Crippen molar-refractivity contribution in [3.8, 4) is 11.3 Å². The van der Waals surface area contributed by atoms with E-state index in [2.05, 4.69) is 9.38 Å². The van der Waals surface area contributed by atoms with Crippen LogP contribution in [0.2, 0.25) is 0 Å². The van der Waals surface area contributed by atoms with Crippen LogP contribution in [0, 0.1) is 19.7 Å². The number of nitrogens with zero attached hydrogens (tertiary/aromatic N) is 2. The average molecular weight is 240 g/mol. The number of hydrogen-bond acceptors (Lipinski definition) is 1. The molecule has 0 fully saturated rings. The molecule has 2 nitrogen and oxygen atoms in total. The lowest BCUT2D eigenvalue weighted by molar-refractivity contribution is 0.628. The van der Waals surface area contributed by atoms with Crippen LogP contribution < -0.4 is 0 Å². The SMILES string of the molecule is Cc1nc2cccc(C)n2c1-c1ccc(F)cc1. The summed E-state index contributed by atoms with van der Waals surface area (Å²) in [7, 11) is 0. The van der Waals surface area contributed by atoms with E-state index in [1.165, 1.54) is 12.1 Å². The Kier molecular flexibility index (Phi) is 2.40. The molecule has 90 valence electrons. The lowest BCUT2D eigenvalue weighted by atomic mass is 10.1. The summed E-state index contributed by atoms with van der Waals surface area (Å²) in [5.41, 5.74) is 5.01. The van der Waals surface area contributed by atoms with E-state index in [0.29, 0.717) is 0 Å². The van der Waals surface area contributed by atoms with Crippen LogP contribution in [0.15, 0.2) is 42.5 Å². The van der Waals surface area contributed by atoms with E-state index in [1.54, 1.807) is 12.1 Å². The number of halogens is 1. The molecule has 0 spiro atoms. The summed E-state index contributed by atoms with van der Waals surface area (Å²) < 4.78 is 15.1. The minimum atomic E-state index is -0.220. The zero-order valence-electron chi connectivity index (χ0n) is 10.3. The lowest BCUT2D eigenvalue weighted by Crippen LogP contribution is -1.93. The summed E-state index contributed by atoms with van der Waals surface area (Å²) in [6.45, 7) is 4.02. The summed E-state index contributed by atoms with van der Waals surface area (Å²) in [6.07, 6.45) is 0. The van der Waals surface area contributed by atoms with Crippen LogP contribution in [0.3, 0.4) is 0 Å². The fourth-order valence-corrected chi connectivity index (χ4v) is 2.31. The molecule has 3 rings (SSSR count). The molecule has 2 aromatic heterocycles. The zero-order valence-corrected chi connectivity index (χ0v) is 10.3. The van der Waals surface area contributed by atoms with Crippen molar-refractivity contribution in [1.82, 2.24) is 9.38 Å². The van der Waals surface area contributed by atoms with Crippen molar-refractivity contribution >= 4 is 5.65 Å². The maximum Gasteiger partial charge on any atom is 0.137 e. The Morgan fingerprint density at radius 1 is 1.00 bits per heavy atom. The van der Waals surface area contributed by atoms with Crippen LogP contribution in [0.5, 0.6) is 0 Å². The van der Waals surface area contributed by atoms with Gasteiger partial charge in [-0.3, -0.25) is 4.40 Å². The third-order valence-corrected chi connectivity index (χ3v) is 3.13. The Balaban J connectivity index is 2.34. The second kappa shape index (κ2) is 3.95. The quantitative estimate of drug-likeness (QED) is 0.633. The van der Waals surface area contributed by atoms with Gasteiger partial charge in [-0.15, -0.1) is 0 Å². The van der Waals surface area contributed by atoms with Crippen molar-refractivity contribution in [1.29, 1.82) is 0 Å². The lowest BCUT2D eigenvalue weighted by Gasteiger charge is -2.06. The minimum Gasteiger partial charge on any atom is -0.297 e. The number of aromatic nitrogens is 2. The first-order chi connectivity index (χ1) is 8.66. The number of fused-ring (bicyclic) bond motifs is 1. The summed E-state index contributed by atoms with van der Waals surface area (Å²) >= 11 is 0. The molecule has 0 atom stereocenters. The van der Waals surface area contributed by atoms with Crippen LogP contribution in [-0.4, -0.2) is 9.38 Å². The van der Waals surface area contributed by atoms with Gasteiger partial charge < -0.3 is 0 Å². The normalized spacial score (nSPS) is 11.1. The Morgan fingerprint density at radius 3 is 2.44 bits per heavy atom. The van der Waals surface area contributed by atoms with Crippen LogP contribution >= 0.6 is 0 Å². The van der Waals surface area contributed by atoms with E-state index in [4.69, 9.17) is 0 Å². The van der Waals surface area contributed by atoms with E-state index in [-0.39, 0.29) is 5.82 Å². The Labute approximate surface area is 105 Å². The zero-order chi connectivity index (χ0) is 12.7. The molecule has 3 heteroatoms. The van der Waals surface area contributed by atoms with E-state index in [0.717, 1.165) is 28.3 Å². The Hall–Kier alpha value is -2.16. The van der Waals surface area contributed by atoms with Crippen molar-refractivity contribution in [2.45, 2.75) is 13.8 Å². The summed E-state index contributed by atoms with van der Waals surface area (Å²) in [6, 6.07) is 12.6. The predicted molar refractivity (Wildman–Crippen MR) is 70.1 cm³/mol. The molecule has 1 aromatic carbocycles. The molecule has 0 aliphatic carbocycles. The molecule has 2 heterocycles. The van der Waals surface area contributed by atoms with E-state index in [1.807, 2.05) is 32.0 Å². The number of imidazole rings is 1. The van der Waals surface area contributed by atoms with Crippen molar-refractivity contribution in [3.63, 3.8) is 0 Å². The molecule has 0 bridgehead atoms. The molecule has 0 N–H and O–H groups in total. The van der Waals surface area contributed by atoms with Gasteiger partial charge in [-0.1, -0.05) is 6.07 Å². The highest BCUT2D eigenvalue weighted by Gasteiger charge is 2.11. The van der Waals surface area contributed by atoms with Crippen LogP contribution in [0.25, 0.3) is 16.9 Å². The van der Waals surface area contributed by atoms with Gasteiger partial charge in [0.1, 0.15) is 11.5 Å². The molecule has 0 aliphatic rings. The first-order valence-corrected chi connectivity index (χ1v) is 5.87. The van der Waals surface area contributed by atoms with E-state index in [9.17, 15) is 4.39 Å². The number of rotatable bonds is 1. The Morgan fingerprint density at radius 2 is 1.72 bits per heavy atom. The summed E-state index contributed by atoms with van der Waals surface area (Å²) in [5, 5.41) is 0. The second-order valence-corrected chi connectivity index (χ2v) is 4.41. The minimum absolute atomic E-state index is 0.220. The monoisotopic (exact) mass is 240 g/mol. The van der Waals surface area contributed by atoms with Crippen LogP contribution in [-0.2, 0) is 0 Å². The van der Waals surface area contributed by atoms with E-state index < -0.39 is 0 Å². The van der Waals surface area contributed by atoms with Gasteiger partial charge in [0, 0.05) is 11.3 Å². The third-order valence-electron chi connectivity index (χ3n) is 3.13. The fraction of sp³-hybridized carbons (Fsp3) is 0.133. The van der Waals surface area contributed by atoms with Crippen LogP contribution in [0.4, 0.5) is 4.39 Å². The summed E-state index contributed by atoms with van der Waals surface area (Å²) in [4.78, 5) is 4.54. The van der Waals surface area contributed by atoms with Gasteiger partial charge in [-0.2, -0.15) is 0 Å². The largest absolute Gasteiger partial charge is 0.297 e. The Bertz CT molecular complexity index is 711. The maximum absolute atomic E-state index is 13.0. The average Bonchev–Trinajstić information content (AvgIpc) is 2.68. The van der Waals surface area contributed by atoms with Crippen molar-refractivity contribution in [2.75, 3.05) is 0 Å². The second-order valence-electron chi connectivity index (χ2n) is 4.41. The van der Waals surface area contributed by atoms with Gasteiger partial charge in [0.15, 0.2) is 0 Å². The van der Waals surface area contributed by atoms with Crippen molar-refractivity contribution in [2.24, 2.45) is 0 Å². The molecular formula is C15H13FN2. The van der Waals surface area contributed by atoms with Gasteiger partial charge in [0.2, 0.25) is 0 Å². The molecule has 0 unspecified atom stereocenters. The molecule has 0 saturated heterocycles. The molecule has 18 heavy (non-hydrogen) atoms. The number of benzene rings is 1. The molecule has 0 aliphatic heterocycles. The topological polar surface area (TPSA) is 17.3 Å². The van der Waals surface area contributed by atoms with Gasteiger partial charge in [-0.05, 0) is 50.2 Å². The number of pyridine rings is 1. The standard InChI is InChI=1S/C15H13FN2/c1-10-4-3-5-14-17-11(2)15(18(10)14)12-6-8-13(16)9-7-12/h3-9H,1-2H3. The number of hydrogen-bond donors (Lipinski definition) is 0. The third kappa shape index (κ3) is 1.59. The fourth-order valence-electron chi connectivity index (χ4n) is 2.31. The van der Waals surface area contributed by atoms with Gasteiger partial charge in [-0.25, -0.2) is 9.37 Å². The highest BCUT2D eigenvalue weighted by atomic mass is 19.1. The van der Waals surface area contributed by atoms with Gasteiger partial charge in [0.05, 0.1) is 11.4 Å². The maximum atomic E-state index is 13.0. The molecule has 0 saturated carbocycles. The molecular weight excluding hydrogens is 227 g/mol. The van der Waals surface area contributed by atoms with Crippen molar-refractivity contribution < 1.29 is 4.39 Å². The number of aryl methyl sites for hydroxylation is 2. The predicted octanol–water partition coefficient (Wildman–Crippen LogP) is 3.76. The van der Waals surface area contributed by atoms with Gasteiger partial charge >= 0.3 is 0 Å². The molecule has 0 radical (unpaired) electrons. The highest BCUT2D eigenvalue weighted by Crippen LogP contribution is 2.26. The van der Waals surface area contributed by atoms with E-state index >= 15 is 0 Å². The van der Waals surface area contributed by atoms with Gasteiger partial charge in [0.25, 0.3) is 0 Å². The van der Waals surface area contributed by atoms with Crippen LogP contribution in [0.1, 0.15) is 11.4 Å². The molecule has 3 aromatic rings. The smallest absolute Gasteiger partial charge is 0.137 e. The molecule has 0 amide bonds. The first kappa shape index (κ1) is 11.0. The highest BCUT2D eigenvalue weighted by molar-refractivity contribution is 5.67. The first-order valence-electron chi connectivity index (χ1n) is 5.87. The summed E-state index contributed by atoms with van der Waals surface area (Å²) in [5.74, 6) is -0.220. The van der Waals surface area contributed by atoms with Crippen molar-refractivity contribution in [3.05, 3.63) is 59.7 Å².